The summed E-state index contributed by atoms with van der Waals surface area (Å²) >= 11 is 5.28. The van der Waals surface area contributed by atoms with Gasteiger partial charge in [-0.1, -0.05) is 18.2 Å². The van der Waals surface area contributed by atoms with Gasteiger partial charge in [0.2, 0.25) is 0 Å². The second-order valence-electron chi connectivity index (χ2n) is 4.46. The Hall–Kier alpha value is -1.10. The van der Waals surface area contributed by atoms with Crippen molar-refractivity contribution in [2.24, 2.45) is 0 Å². The number of hydrogen-bond acceptors (Lipinski definition) is 3. The van der Waals surface area contributed by atoms with Crippen LogP contribution < -0.4 is 5.32 Å². The van der Waals surface area contributed by atoms with Crippen molar-refractivity contribution >= 4 is 38.2 Å². The van der Waals surface area contributed by atoms with Crippen molar-refractivity contribution in [3.05, 3.63) is 56.9 Å². The number of furan rings is 1. The first kappa shape index (κ1) is 12.9. The molecule has 3 aromatic rings. The van der Waals surface area contributed by atoms with Gasteiger partial charge in [-0.25, -0.2) is 0 Å². The summed E-state index contributed by atoms with van der Waals surface area (Å²) in [5.74, 6) is 0. The van der Waals surface area contributed by atoms with E-state index in [4.69, 9.17) is 4.42 Å². The van der Waals surface area contributed by atoms with Crippen molar-refractivity contribution in [3.8, 4) is 0 Å². The van der Waals surface area contributed by atoms with Gasteiger partial charge in [0, 0.05) is 38.1 Å². The Labute approximate surface area is 124 Å². The molecule has 2 nitrogen and oxygen atoms in total. The summed E-state index contributed by atoms with van der Waals surface area (Å²) < 4.78 is 6.78. The molecule has 2 heterocycles. The molecule has 2 aromatic heterocycles. The van der Waals surface area contributed by atoms with Gasteiger partial charge in [0.25, 0.3) is 0 Å². The van der Waals surface area contributed by atoms with Crippen LogP contribution >= 0.6 is 27.3 Å². The number of likely N-dealkylation sites (N-methyl/N-ethyl adjacent to an activating group) is 1. The van der Waals surface area contributed by atoms with Crippen LogP contribution in [0.25, 0.3) is 11.0 Å². The molecule has 4 heteroatoms. The lowest BCUT2D eigenvalue weighted by Gasteiger charge is -2.13. The van der Waals surface area contributed by atoms with Crippen LogP contribution in [0.2, 0.25) is 0 Å². The van der Waals surface area contributed by atoms with Gasteiger partial charge < -0.3 is 9.73 Å². The van der Waals surface area contributed by atoms with Gasteiger partial charge in [-0.05, 0) is 35.1 Å². The predicted octanol–water partition coefficient (Wildman–Crippen LogP) is 4.76. The van der Waals surface area contributed by atoms with Gasteiger partial charge in [0.05, 0.1) is 6.26 Å². The molecule has 0 spiro atoms. The molecular weight excluding hydrogens is 322 g/mol. The third-order valence-corrected chi connectivity index (χ3v) is 4.98. The zero-order chi connectivity index (χ0) is 13.2. The van der Waals surface area contributed by atoms with Crippen LogP contribution in [-0.4, -0.2) is 7.05 Å². The lowest BCUT2D eigenvalue weighted by molar-refractivity contribution is 0.566. The standard InChI is InChI=1S/C15H14BrNOS/c1-17-14(7-11-6-10(16)9-19-11)13-8-18-15-5-3-2-4-12(13)15/h2-6,8-9,14,17H,7H2,1H3. The highest BCUT2D eigenvalue weighted by atomic mass is 79.9. The third-order valence-electron chi connectivity index (χ3n) is 3.26. The minimum Gasteiger partial charge on any atom is -0.464 e. The molecule has 1 aromatic carbocycles. The second-order valence-corrected chi connectivity index (χ2v) is 6.38. The van der Waals surface area contributed by atoms with Crippen LogP contribution in [0.4, 0.5) is 0 Å². The van der Waals surface area contributed by atoms with E-state index >= 15 is 0 Å². The average Bonchev–Trinajstić information content (AvgIpc) is 3.02. The SMILES string of the molecule is CNC(Cc1cc(Br)cs1)c1coc2ccccc12. The lowest BCUT2D eigenvalue weighted by Crippen LogP contribution is -2.18. The van der Waals surface area contributed by atoms with Crippen LogP contribution in [0, 0.1) is 0 Å². The zero-order valence-electron chi connectivity index (χ0n) is 10.5. The molecule has 0 aliphatic heterocycles. The predicted molar refractivity (Wildman–Crippen MR) is 83.7 cm³/mol. The van der Waals surface area contributed by atoms with E-state index in [0.717, 1.165) is 16.5 Å². The summed E-state index contributed by atoms with van der Waals surface area (Å²) in [6.45, 7) is 0. The van der Waals surface area contributed by atoms with Crippen molar-refractivity contribution < 1.29 is 4.42 Å². The Balaban J connectivity index is 1.93. The summed E-state index contributed by atoms with van der Waals surface area (Å²) in [6.07, 6.45) is 2.84. The molecule has 0 radical (unpaired) electrons. The molecule has 0 aliphatic carbocycles. The zero-order valence-corrected chi connectivity index (χ0v) is 12.9. The minimum absolute atomic E-state index is 0.272. The highest BCUT2D eigenvalue weighted by Gasteiger charge is 2.16. The van der Waals surface area contributed by atoms with E-state index in [1.54, 1.807) is 11.3 Å². The fraction of sp³-hybridized carbons (Fsp3) is 0.200. The van der Waals surface area contributed by atoms with Crippen molar-refractivity contribution in [2.45, 2.75) is 12.5 Å². The topological polar surface area (TPSA) is 25.2 Å². The second kappa shape index (κ2) is 5.49. The number of hydrogen-bond donors (Lipinski definition) is 1. The number of thiophene rings is 1. The highest BCUT2D eigenvalue weighted by Crippen LogP contribution is 2.30. The van der Waals surface area contributed by atoms with Gasteiger partial charge in [-0.3, -0.25) is 0 Å². The number of para-hydroxylation sites is 1. The molecule has 1 atom stereocenters. The van der Waals surface area contributed by atoms with Gasteiger partial charge in [-0.2, -0.15) is 0 Å². The summed E-state index contributed by atoms with van der Waals surface area (Å²) in [4.78, 5) is 1.36. The number of rotatable bonds is 4. The van der Waals surface area contributed by atoms with Gasteiger partial charge in [-0.15, -0.1) is 11.3 Å². The Morgan fingerprint density at radius 3 is 2.95 bits per heavy atom. The molecule has 0 fully saturated rings. The molecule has 19 heavy (non-hydrogen) atoms. The Morgan fingerprint density at radius 1 is 1.37 bits per heavy atom. The normalized spacial score (nSPS) is 12.9. The monoisotopic (exact) mass is 335 g/mol. The van der Waals surface area contributed by atoms with E-state index in [1.807, 2.05) is 25.4 Å². The Bertz CT molecular complexity index is 688. The average molecular weight is 336 g/mol. The van der Waals surface area contributed by atoms with Crippen LogP contribution in [0.1, 0.15) is 16.5 Å². The van der Waals surface area contributed by atoms with E-state index < -0.39 is 0 Å². The van der Waals surface area contributed by atoms with Crippen molar-refractivity contribution in [2.75, 3.05) is 7.05 Å². The molecule has 98 valence electrons. The first-order chi connectivity index (χ1) is 9.28. The highest BCUT2D eigenvalue weighted by molar-refractivity contribution is 9.10. The van der Waals surface area contributed by atoms with E-state index in [-0.39, 0.29) is 6.04 Å². The minimum atomic E-state index is 0.272. The lowest BCUT2D eigenvalue weighted by atomic mass is 10.0. The molecular formula is C15H14BrNOS. The largest absolute Gasteiger partial charge is 0.464 e. The molecule has 1 N–H and O–H groups in total. The van der Waals surface area contributed by atoms with Gasteiger partial charge in [0.15, 0.2) is 0 Å². The fourth-order valence-electron chi connectivity index (χ4n) is 2.30. The van der Waals surface area contributed by atoms with Crippen molar-refractivity contribution in [3.63, 3.8) is 0 Å². The molecule has 0 bridgehead atoms. The van der Waals surface area contributed by atoms with E-state index in [2.05, 4.69) is 44.8 Å². The quantitative estimate of drug-likeness (QED) is 0.743. The third kappa shape index (κ3) is 2.61. The number of fused-ring (bicyclic) bond motifs is 1. The molecule has 0 amide bonds. The van der Waals surface area contributed by atoms with Gasteiger partial charge >= 0.3 is 0 Å². The van der Waals surface area contributed by atoms with E-state index in [0.29, 0.717) is 0 Å². The first-order valence-corrected chi connectivity index (χ1v) is 7.81. The van der Waals surface area contributed by atoms with Crippen LogP contribution in [0.3, 0.4) is 0 Å². The van der Waals surface area contributed by atoms with Crippen LogP contribution in [-0.2, 0) is 6.42 Å². The number of halogens is 1. The van der Waals surface area contributed by atoms with Crippen molar-refractivity contribution in [1.82, 2.24) is 5.32 Å². The first-order valence-electron chi connectivity index (χ1n) is 6.14. The molecule has 1 unspecified atom stereocenters. The summed E-state index contributed by atoms with van der Waals surface area (Å²) in [6, 6.07) is 10.6. The maximum atomic E-state index is 5.63. The van der Waals surface area contributed by atoms with E-state index in [1.165, 1.54) is 15.8 Å². The van der Waals surface area contributed by atoms with E-state index in [9.17, 15) is 0 Å². The number of nitrogens with one attached hydrogen (secondary N) is 1. The molecule has 0 saturated carbocycles. The van der Waals surface area contributed by atoms with Gasteiger partial charge in [0.1, 0.15) is 5.58 Å². The maximum Gasteiger partial charge on any atom is 0.134 e. The molecule has 0 saturated heterocycles. The molecule has 0 aliphatic rings. The smallest absolute Gasteiger partial charge is 0.134 e. The summed E-state index contributed by atoms with van der Waals surface area (Å²) in [5.41, 5.74) is 2.17. The Morgan fingerprint density at radius 2 is 2.21 bits per heavy atom. The van der Waals surface area contributed by atoms with Crippen LogP contribution in [0.15, 0.2) is 50.9 Å². The summed E-state index contributed by atoms with van der Waals surface area (Å²) in [5, 5.41) is 6.70. The summed E-state index contributed by atoms with van der Waals surface area (Å²) in [7, 11) is 2.00. The Kier molecular flexibility index (Phi) is 3.73. The molecule has 3 rings (SSSR count). The van der Waals surface area contributed by atoms with Crippen molar-refractivity contribution in [1.29, 1.82) is 0 Å². The maximum absolute atomic E-state index is 5.63. The van der Waals surface area contributed by atoms with Crippen LogP contribution in [0.5, 0.6) is 0 Å². The number of benzene rings is 1. The fourth-order valence-corrected chi connectivity index (χ4v) is 3.80.